The fraction of sp³-hybridized carbons (Fsp3) is 0.300. The zero-order valence-corrected chi connectivity index (χ0v) is 14.4. The lowest BCUT2D eigenvalue weighted by Gasteiger charge is -2.20. The lowest BCUT2D eigenvalue weighted by atomic mass is 10.0. The standard InChI is InChI=1S/C20H20N4O2/c21-10-4-12-24(13-5-11-22)20(26)15-23-19(25)14-17-8-3-7-16-6-1-2-9-18(16)17/h1-3,6-9H,4-5,12-15H2,(H,23,25). The summed E-state index contributed by atoms with van der Waals surface area (Å²) in [5.41, 5.74) is 0.902. The predicted molar refractivity (Wildman–Crippen MR) is 97.7 cm³/mol. The summed E-state index contributed by atoms with van der Waals surface area (Å²) >= 11 is 0. The van der Waals surface area contributed by atoms with Crippen LogP contribution in [-0.2, 0) is 16.0 Å². The number of carbonyl (C=O) groups excluding carboxylic acids is 2. The lowest BCUT2D eigenvalue weighted by molar-refractivity contribution is -0.132. The third-order valence-electron chi connectivity index (χ3n) is 4.01. The molecular weight excluding hydrogens is 328 g/mol. The summed E-state index contributed by atoms with van der Waals surface area (Å²) in [7, 11) is 0. The molecule has 6 nitrogen and oxygen atoms in total. The molecule has 0 fully saturated rings. The monoisotopic (exact) mass is 348 g/mol. The van der Waals surface area contributed by atoms with Gasteiger partial charge in [-0.1, -0.05) is 42.5 Å². The van der Waals surface area contributed by atoms with Crippen LogP contribution in [0.25, 0.3) is 10.8 Å². The van der Waals surface area contributed by atoms with E-state index in [1.54, 1.807) is 0 Å². The highest BCUT2D eigenvalue weighted by atomic mass is 16.2. The van der Waals surface area contributed by atoms with Gasteiger partial charge in [-0.3, -0.25) is 9.59 Å². The first-order chi connectivity index (χ1) is 12.7. The third kappa shape index (κ3) is 5.32. The molecule has 0 spiro atoms. The Morgan fingerprint density at radius 2 is 1.62 bits per heavy atom. The maximum Gasteiger partial charge on any atom is 0.242 e. The van der Waals surface area contributed by atoms with Crippen molar-refractivity contribution in [1.82, 2.24) is 10.2 Å². The first kappa shape index (κ1) is 19.0. The number of nitriles is 2. The van der Waals surface area contributed by atoms with E-state index in [4.69, 9.17) is 10.5 Å². The van der Waals surface area contributed by atoms with Crippen molar-refractivity contribution in [2.45, 2.75) is 19.3 Å². The zero-order valence-electron chi connectivity index (χ0n) is 14.4. The van der Waals surface area contributed by atoms with Crippen LogP contribution in [0.3, 0.4) is 0 Å². The van der Waals surface area contributed by atoms with Gasteiger partial charge in [-0.05, 0) is 16.3 Å². The quantitative estimate of drug-likeness (QED) is 0.790. The van der Waals surface area contributed by atoms with Crippen molar-refractivity contribution in [3.05, 3.63) is 48.0 Å². The van der Waals surface area contributed by atoms with E-state index in [0.717, 1.165) is 16.3 Å². The van der Waals surface area contributed by atoms with Crippen LogP contribution in [0.1, 0.15) is 18.4 Å². The Morgan fingerprint density at radius 3 is 2.31 bits per heavy atom. The number of hydrogen-bond donors (Lipinski definition) is 1. The van der Waals surface area contributed by atoms with Crippen molar-refractivity contribution in [1.29, 1.82) is 10.5 Å². The van der Waals surface area contributed by atoms with E-state index in [1.165, 1.54) is 4.90 Å². The third-order valence-corrected chi connectivity index (χ3v) is 4.01. The van der Waals surface area contributed by atoms with Crippen molar-refractivity contribution in [3.8, 4) is 12.1 Å². The second kappa shape index (κ2) is 9.80. The number of amides is 2. The Bertz CT molecular complexity index is 841. The van der Waals surface area contributed by atoms with Crippen molar-refractivity contribution < 1.29 is 9.59 Å². The number of benzene rings is 2. The van der Waals surface area contributed by atoms with Crippen LogP contribution in [-0.4, -0.2) is 36.3 Å². The number of fused-ring (bicyclic) bond motifs is 1. The number of carbonyl (C=O) groups is 2. The van der Waals surface area contributed by atoms with Crippen LogP contribution in [0.4, 0.5) is 0 Å². The van der Waals surface area contributed by atoms with Crippen molar-refractivity contribution in [2.24, 2.45) is 0 Å². The molecule has 2 rings (SSSR count). The molecule has 0 saturated heterocycles. The molecule has 2 amide bonds. The molecule has 0 atom stereocenters. The molecule has 0 aromatic heterocycles. The topological polar surface area (TPSA) is 97.0 Å². The Hall–Kier alpha value is -3.38. The zero-order chi connectivity index (χ0) is 18.8. The van der Waals surface area contributed by atoms with Gasteiger partial charge in [-0.15, -0.1) is 0 Å². The predicted octanol–water partition coefficient (Wildman–Crippen LogP) is 2.15. The minimum absolute atomic E-state index is 0.138. The summed E-state index contributed by atoms with van der Waals surface area (Å²) in [5, 5.41) is 22.0. The first-order valence-electron chi connectivity index (χ1n) is 8.40. The summed E-state index contributed by atoms with van der Waals surface area (Å²) in [4.78, 5) is 25.9. The molecule has 0 aliphatic rings. The average Bonchev–Trinajstić information content (AvgIpc) is 2.66. The summed E-state index contributed by atoms with van der Waals surface area (Å²) < 4.78 is 0. The fourth-order valence-electron chi connectivity index (χ4n) is 2.70. The molecule has 0 radical (unpaired) electrons. The number of nitrogens with zero attached hydrogens (tertiary/aromatic N) is 3. The van der Waals surface area contributed by atoms with Gasteiger partial charge in [0.1, 0.15) is 0 Å². The van der Waals surface area contributed by atoms with Gasteiger partial charge in [-0.2, -0.15) is 10.5 Å². The minimum atomic E-state index is -0.290. The Balaban J connectivity index is 1.93. The van der Waals surface area contributed by atoms with E-state index in [0.29, 0.717) is 0 Å². The molecule has 0 aliphatic carbocycles. The molecule has 0 heterocycles. The highest BCUT2D eigenvalue weighted by Gasteiger charge is 2.14. The maximum absolute atomic E-state index is 12.2. The summed E-state index contributed by atoms with van der Waals surface area (Å²) in [6.07, 6.45) is 0.577. The Morgan fingerprint density at radius 1 is 0.962 bits per heavy atom. The van der Waals surface area contributed by atoms with Gasteiger partial charge in [0.05, 0.1) is 37.9 Å². The van der Waals surface area contributed by atoms with Crippen molar-refractivity contribution in [3.63, 3.8) is 0 Å². The van der Waals surface area contributed by atoms with E-state index in [-0.39, 0.29) is 50.7 Å². The van der Waals surface area contributed by atoms with Gasteiger partial charge in [0.25, 0.3) is 0 Å². The smallest absolute Gasteiger partial charge is 0.242 e. The molecule has 0 aliphatic heterocycles. The molecule has 1 N–H and O–H groups in total. The molecule has 26 heavy (non-hydrogen) atoms. The van der Waals surface area contributed by atoms with Crippen LogP contribution in [0, 0.1) is 22.7 Å². The molecule has 0 unspecified atom stereocenters. The van der Waals surface area contributed by atoms with Gasteiger partial charge >= 0.3 is 0 Å². The molecular formula is C20H20N4O2. The second-order valence-corrected chi connectivity index (χ2v) is 5.79. The highest BCUT2D eigenvalue weighted by Crippen LogP contribution is 2.18. The normalized spacial score (nSPS) is 9.92. The van der Waals surface area contributed by atoms with Crippen LogP contribution in [0.15, 0.2) is 42.5 Å². The van der Waals surface area contributed by atoms with E-state index in [1.807, 2.05) is 54.6 Å². The molecule has 2 aromatic rings. The maximum atomic E-state index is 12.2. The summed E-state index contributed by atoms with van der Waals surface area (Å²) in [6, 6.07) is 17.6. The van der Waals surface area contributed by atoms with Gasteiger partial charge in [-0.25, -0.2) is 0 Å². The Labute approximate surface area is 152 Å². The van der Waals surface area contributed by atoms with Crippen LogP contribution in [0.2, 0.25) is 0 Å². The molecule has 2 aromatic carbocycles. The largest absolute Gasteiger partial charge is 0.347 e. The lowest BCUT2D eigenvalue weighted by Crippen LogP contribution is -2.41. The van der Waals surface area contributed by atoms with Gasteiger partial charge < -0.3 is 10.2 Å². The van der Waals surface area contributed by atoms with Crippen molar-refractivity contribution >= 4 is 22.6 Å². The van der Waals surface area contributed by atoms with Gasteiger partial charge in [0.15, 0.2) is 0 Å². The molecule has 0 saturated carbocycles. The fourth-order valence-corrected chi connectivity index (χ4v) is 2.70. The Kier molecular flexibility index (Phi) is 7.15. The van der Waals surface area contributed by atoms with Crippen LogP contribution >= 0.6 is 0 Å². The molecule has 0 bridgehead atoms. The molecule has 6 heteroatoms. The molecule has 132 valence electrons. The van der Waals surface area contributed by atoms with E-state index in [9.17, 15) is 9.59 Å². The minimum Gasteiger partial charge on any atom is -0.347 e. The van der Waals surface area contributed by atoms with Crippen molar-refractivity contribution in [2.75, 3.05) is 19.6 Å². The van der Waals surface area contributed by atoms with Crippen LogP contribution < -0.4 is 5.32 Å². The number of nitrogens with one attached hydrogen (secondary N) is 1. The highest BCUT2D eigenvalue weighted by molar-refractivity contribution is 5.91. The summed E-state index contributed by atoms with van der Waals surface area (Å²) in [6.45, 7) is 0.382. The SMILES string of the molecule is N#CCCN(CCC#N)C(=O)CNC(=O)Cc1cccc2ccccc12. The number of rotatable bonds is 8. The van der Waals surface area contributed by atoms with Gasteiger partial charge in [0, 0.05) is 13.1 Å². The van der Waals surface area contributed by atoms with E-state index >= 15 is 0 Å². The number of hydrogen-bond acceptors (Lipinski definition) is 4. The van der Waals surface area contributed by atoms with Gasteiger partial charge in [0.2, 0.25) is 11.8 Å². The van der Waals surface area contributed by atoms with E-state index < -0.39 is 0 Å². The van der Waals surface area contributed by atoms with E-state index in [2.05, 4.69) is 5.32 Å². The van der Waals surface area contributed by atoms with Crippen LogP contribution in [0.5, 0.6) is 0 Å². The second-order valence-electron chi connectivity index (χ2n) is 5.79. The average molecular weight is 348 g/mol. The first-order valence-corrected chi connectivity index (χ1v) is 8.40. The summed E-state index contributed by atoms with van der Waals surface area (Å²) in [5.74, 6) is -0.531.